The average molecular weight is 350 g/mol. The van der Waals surface area contributed by atoms with E-state index in [9.17, 15) is 4.79 Å². The molecule has 0 spiro atoms. The van der Waals surface area contributed by atoms with Gasteiger partial charge < -0.3 is 10.1 Å². The molecule has 6 heteroatoms. The number of aryl methyl sites for hydroxylation is 1. The van der Waals surface area contributed by atoms with Crippen molar-refractivity contribution >= 4 is 11.6 Å². The van der Waals surface area contributed by atoms with E-state index in [0.717, 1.165) is 29.6 Å². The third-order valence-electron chi connectivity index (χ3n) is 4.73. The zero-order chi connectivity index (χ0) is 17.9. The molecule has 0 radical (unpaired) electrons. The summed E-state index contributed by atoms with van der Waals surface area (Å²) in [6.07, 6.45) is 10.2. The quantitative estimate of drug-likeness (QED) is 0.767. The number of nitrogens with one attached hydrogen (secondary N) is 1. The smallest absolute Gasteiger partial charge is 0.270 e. The molecule has 1 aliphatic carbocycles. The number of hydrogen-bond acceptors (Lipinski definition) is 4. The summed E-state index contributed by atoms with van der Waals surface area (Å²) in [5.41, 5.74) is 3.29. The maximum absolute atomic E-state index is 12.5. The van der Waals surface area contributed by atoms with Gasteiger partial charge in [0.25, 0.3) is 5.91 Å². The van der Waals surface area contributed by atoms with Crippen LogP contribution in [-0.4, -0.2) is 26.4 Å². The third kappa shape index (κ3) is 3.54. The Morgan fingerprint density at radius 3 is 2.81 bits per heavy atom. The molecule has 0 aromatic carbocycles. The number of hydrogen-bond donors (Lipinski definition) is 1. The van der Waals surface area contributed by atoms with Crippen molar-refractivity contribution in [1.29, 1.82) is 0 Å². The van der Waals surface area contributed by atoms with Gasteiger partial charge in [-0.3, -0.25) is 9.20 Å². The predicted molar refractivity (Wildman–Crippen MR) is 98.2 cm³/mol. The molecule has 0 aliphatic heterocycles. The summed E-state index contributed by atoms with van der Waals surface area (Å²) in [6, 6.07) is 7.69. The molecule has 3 heterocycles. The monoisotopic (exact) mass is 350 g/mol. The molecule has 134 valence electrons. The van der Waals surface area contributed by atoms with E-state index in [1.54, 1.807) is 12.4 Å². The first kappa shape index (κ1) is 16.6. The van der Waals surface area contributed by atoms with Crippen molar-refractivity contribution in [1.82, 2.24) is 19.7 Å². The highest BCUT2D eigenvalue weighted by Gasteiger charge is 2.17. The average Bonchev–Trinajstić information content (AvgIpc) is 3.30. The Hall–Kier alpha value is -2.89. The number of fused-ring (bicyclic) bond motifs is 1. The molecule has 1 amide bonds. The second-order valence-electron chi connectivity index (χ2n) is 6.79. The van der Waals surface area contributed by atoms with E-state index in [1.165, 1.54) is 12.8 Å². The number of carbonyl (C=O) groups excluding carboxylic acids is 1. The summed E-state index contributed by atoms with van der Waals surface area (Å²) in [5.74, 6) is 0.499. The van der Waals surface area contributed by atoms with Gasteiger partial charge in [0.2, 0.25) is 5.88 Å². The van der Waals surface area contributed by atoms with Gasteiger partial charge in [-0.1, -0.05) is 12.1 Å². The zero-order valence-electron chi connectivity index (χ0n) is 14.8. The molecule has 4 rings (SSSR count). The largest absolute Gasteiger partial charge is 0.474 e. The standard InChI is InChI=1S/C20H22N4O2/c1-14-6-8-18-21-12-17(24(18)13-14)20(25)23-11-15-7-9-19(22-10-15)26-16-4-2-3-5-16/h6-10,12-13,16H,2-5,11H2,1H3,(H,23,25). The Morgan fingerprint density at radius 2 is 2.04 bits per heavy atom. The van der Waals surface area contributed by atoms with Gasteiger partial charge in [0, 0.05) is 25.0 Å². The molecule has 3 aromatic rings. The number of carbonyl (C=O) groups is 1. The van der Waals surface area contributed by atoms with Crippen LogP contribution in [0.1, 0.15) is 47.3 Å². The molecule has 1 fully saturated rings. The first-order valence-corrected chi connectivity index (χ1v) is 9.02. The van der Waals surface area contributed by atoms with E-state index in [2.05, 4.69) is 15.3 Å². The summed E-state index contributed by atoms with van der Waals surface area (Å²) >= 11 is 0. The van der Waals surface area contributed by atoms with Crippen LogP contribution in [0.4, 0.5) is 0 Å². The fourth-order valence-electron chi connectivity index (χ4n) is 3.29. The van der Waals surface area contributed by atoms with Gasteiger partial charge in [-0.15, -0.1) is 0 Å². The zero-order valence-corrected chi connectivity index (χ0v) is 14.8. The Balaban J connectivity index is 1.38. The van der Waals surface area contributed by atoms with Crippen molar-refractivity contribution in [3.05, 3.63) is 59.7 Å². The van der Waals surface area contributed by atoms with Gasteiger partial charge in [0.05, 0.1) is 6.20 Å². The molecular weight excluding hydrogens is 328 g/mol. The Labute approximate surface area is 152 Å². The van der Waals surface area contributed by atoms with Gasteiger partial charge in [-0.2, -0.15) is 0 Å². The molecule has 0 saturated heterocycles. The minimum atomic E-state index is -0.158. The lowest BCUT2D eigenvalue weighted by atomic mass is 10.2. The molecule has 1 saturated carbocycles. The Kier molecular flexibility index (Phi) is 4.56. The lowest BCUT2D eigenvalue weighted by molar-refractivity contribution is 0.0945. The van der Waals surface area contributed by atoms with E-state index < -0.39 is 0 Å². The van der Waals surface area contributed by atoms with Crippen LogP contribution in [0.15, 0.2) is 42.9 Å². The van der Waals surface area contributed by atoms with Crippen LogP contribution in [-0.2, 0) is 6.54 Å². The molecule has 1 aliphatic rings. The van der Waals surface area contributed by atoms with Gasteiger partial charge in [0.15, 0.2) is 0 Å². The normalized spacial score (nSPS) is 14.7. The molecule has 26 heavy (non-hydrogen) atoms. The molecule has 0 bridgehead atoms. The van der Waals surface area contributed by atoms with Crippen LogP contribution in [0, 0.1) is 6.92 Å². The van der Waals surface area contributed by atoms with Gasteiger partial charge >= 0.3 is 0 Å². The van der Waals surface area contributed by atoms with Crippen LogP contribution in [0.5, 0.6) is 5.88 Å². The third-order valence-corrected chi connectivity index (χ3v) is 4.73. The number of aromatic nitrogens is 3. The van der Waals surface area contributed by atoms with Crippen LogP contribution in [0.25, 0.3) is 5.65 Å². The van der Waals surface area contributed by atoms with Crippen LogP contribution >= 0.6 is 0 Å². The summed E-state index contributed by atoms with van der Waals surface area (Å²) in [4.78, 5) is 21.1. The fraction of sp³-hybridized carbons (Fsp3) is 0.350. The van der Waals surface area contributed by atoms with Crippen molar-refractivity contribution in [3.63, 3.8) is 0 Å². The number of nitrogens with zero attached hydrogens (tertiary/aromatic N) is 3. The second kappa shape index (κ2) is 7.15. The van der Waals surface area contributed by atoms with Crippen molar-refractivity contribution in [2.75, 3.05) is 0 Å². The summed E-state index contributed by atoms with van der Waals surface area (Å²) in [5, 5.41) is 2.92. The number of pyridine rings is 2. The molecule has 0 unspecified atom stereocenters. The van der Waals surface area contributed by atoms with Crippen LogP contribution < -0.4 is 10.1 Å². The van der Waals surface area contributed by atoms with Crippen LogP contribution in [0.3, 0.4) is 0 Å². The van der Waals surface area contributed by atoms with E-state index in [1.807, 2.05) is 41.8 Å². The number of imidazole rings is 1. The maximum atomic E-state index is 12.5. The van der Waals surface area contributed by atoms with Gasteiger partial charge in [-0.05, 0) is 49.8 Å². The van der Waals surface area contributed by atoms with E-state index in [4.69, 9.17) is 4.74 Å². The lowest BCUT2D eigenvalue weighted by Crippen LogP contribution is -2.24. The van der Waals surface area contributed by atoms with Gasteiger partial charge in [-0.25, -0.2) is 9.97 Å². The topological polar surface area (TPSA) is 68.5 Å². The van der Waals surface area contributed by atoms with Crippen molar-refractivity contribution in [2.45, 2.75) is 45.3 Å². The Morgan fingerprint density at radius 1 is 1.19 bits per heavy atom. The molecular formula is C20H22N4O2. The Bertz CT molecular complexity index is 911. The molecule has 1 N–H and O–H groups in total. The van der Waals surface area contributed by atoms with Crippen molar-refractivity contribution < 1.29 is 9.53 Å². The van der Waals surface area contributed by atoms with E-state index >= 15 is 0 Å². The van der Waals surface area contributed by atoms with E-state index in [0.29, 0.717) is 24.2 Å². The minimum absolute atomic E-state index is 0.158. The lowest BCUT2D eigenvalue weighted by Gasteiger charge is -2.12. The van der Waals surface area contributed by atoms with Crippen LogP contribution in [0.2, 0.25) is 0 Å². The van der Waals surface area contributed by atoms with E-state index in [-0.39, 0.29) is 5.91 Å². The summed E-state index contributed by atoms with van der Waals surface area (Å²) in [6.45, 7) is 2.40. The molecule has 6 nitrogen and oxygen atoms in total. The fourth-order valence-corrected chi connectivity index (χ4v) is 3.29. The predicted octanol–water partition coefficient (Wildman–Crippen LogP) is 3.29. The van der Waals surface area contributed by atoms with Gasteiger partial charge in [0.1, 0.15) is 17.4 Å². The SMILES string of the molecule is Cc1ccc2ncc(C(=O)NCc3ccc(OC4CCCC4)nc3)n2c1. The summed E-state index contributed by atoms with van der Waals surface area (Å²) < 4.78 is 7.67. The number of rotatable bonds is 5. The highest BCUT2D eigenvalue weighted by atomic mass is 16.5. The first-order valence-electron chi connectivity index (χ1n) is 9.02. The highest BCUT2D eigenvalue weighted by molar-refractivity contribution is 5.93. The second-order valence-corrected chi connectivity index (χ2v) is 6.79. The molecule has 0 atom stereocenters. The summed E-state index contributed by atoms with van der Waals surface area (Å²) in [7, 11) is 0. The van der Waals surface area contributed by atoms with Crippen molar-refractivity contribution in [3.8, 4) is 5.88 Å². The number of amides is 1. The minimum Gasteiger partial charge on any atom is -0.474 e. The van der Waals surface area contributed by atoms with Crippen molar-refractivity contribution in [2.24, 2.45) is 0 Å². The molecule has 3 aromatic heterocycles. The highest BCUT2D eigenvalue weighted by Crippen LogP contribution is 2.22. The number of ether oxygens (including phenoxy) is 1. The first-order chi connectivity index (χ1) is 12.7. The maximum Gasteiger partial charge on any atom is 0.270 e.